The summed E-state index contributed by atoms with van der Waals surface area (Å²) >= 11 is 0. The summed E-state index contributed by atoms with van der Waals surface area (Å²) < 4.78 is 21.7. The van der Waals surface area contributed by atoms with E-state index in [0.29, 0.717) is 0 Å². The molecule has 0 aliphatic heterocycles. The van der Waals surface area contributed by atoms with Gasteiger partial charge in [-0.15, -0.1) is 0 Å². The summed E-state index contributed by atoms with van der Waals surface area (Å²) in [6.45, 7) is 0. The van der Waals surface area contributed by atoms with Crippen LogP contribution in [0, 0.1) is 0 Å². The van der Waals surface area contributed by atoms with Gasteiger partial charge in [0.2, 0.25) is 0 Å². The van der Waals surface area contributed by atoms with E-state index in [-0.39, 0.29) is 77.1 Å². The minimum absolute atomic E-state index is 0. The van der Waals surface area contributed by atoms with E-state index in [4.69, 9.17) is 9.79 Å². The third kappa shape index (κ3) is 11.6. The Labute approximate surface area is 168 Å². The molecule has 0 saturated heterocycles. The topological polar surface area (TPSA) is 367 Å². The average Bonchev–Trinajstić information content (AvgIpc) is 2.37. The van der Waals surface area contributed by atoms with E-state index in [0.717, 1.165) is 24.5 Å². The van der Waals surface area contributed by atoms with Crippen LogP contribution in [0.4, 0.5) is 0 Å². The number of nitrogens with zero attached hydrogens (tertiary/aromatic N) is 2. The van der Waals surface area contributed by atoms with E-state index in [1.54, 1.807) is 0 Å². The van der Waals surface area contributed by atoms with Crippen molar-refractivity contribution in [1.29, 1.82) is 0 Å². The van der Waals surface area contributed by atoms with Crippen LogP contribution in [-0.4, -0.2) is 58.1 Å². The van der Waals surface area contributed by atoms with Crippen LogP contribution in [0.15, 0.2) is 36.7 Å². The zero-order chi connectivity index (χ0) is 15.0. The van der Waals surface area contributed by atoms with Crippen LogP contribution < -0.4 is 20.4 Å². The molecule has 2 aromatic heterocycles. The standard InChI is InChI=1S/C10H10N2O6P2.Co.7H2O/c13-19(14,15)7-1-3-9(11-5-7)10-4-2-8(6-12-10)20(16,17)18;;;;;;;;/h1-6H,(H2,13,14,15)(H2,16,17,18);;7*1H2/q;+2;;;;;;;/p-2. The van der Waals surface area contributed by atoms with Crippen LogP contribution >= 0.6 is 15.2 Å². The van der Waals surface area contributed by atoms with Gasteiger partial charge in [0.1, 0.15) is 0 Å². The third-order valence-electron chi connectivity index (χ3n) is 2.41. The predicted octanol–water partition coefficient (Wildman–Crippen LogP) is -7.29. The summed E-state index contributed by atoms with van der Waals surface area (Å²) in [6.07, 6.45) is 1.92. The van der Waals surface area contributed by atoms with Crippen LogP contribution in [0.5, 0.6) is 0 Å². The van der Waals surface area contributed by atoms with E-state index in [1.165, 1.54) is 12.1 Å². The van der Waals surface area contributed by atoms with E-state index < -0.39 is 15.2 Å². The van der Waals surface area contributed by atoms with Crippen molar-refractivity contribution < 1.29 is 83.8 Å². The van der Waals surface area contributed by atoms with Gasteiger partial charge in [-0.05, 0) is 24.3 Å². The Morgan fingerprint density at radius 1 is 0.643 bits per heavy atom. The summed E-state index contributed by atoms with van der Waals surface area (Å²) in [7, 11) is -9.21. The van der Waals surface area contributed by atoms with Crippen LogP contribution in [0.3, 0.4) is 0 Å². The van der Waals surface area contributed by atoms with E-state index in [2.05, 4.69) is 9.97 Å². The summed E-state index contributed by atoms with van der Waals surface area (Å²) in [5, 5.41) is -0.672. The summed E-state index contributed by atoms with van der Waals surface area (Å²) in [4.78, 5) is 47.0. The summed E-state index contributed by atoms with van der Waals surface area (Å²) in [5.41, 5.74) is 0.569. The predicted molar refractivity (Wildman–Crippen MR) is 91.7 cm³/mol. The van der Waals surface area contributed by atoms with Gasteiger partial charge in [-0.2, -0.15) is 0 Å². The second-order valence-corrected chi connectivity index (χ2v) is 6.96. The van der Waals surface area contributed by atoms with Gasteiger partial charge in [0.05, 0.1) is 11.4 Å². The number of pyridine rings is 2. The van der Waals surface area contributed by atoms with Gasteiger partial charge in [0, 0.05) is 23.0 Å². The first kappa shape index (κ1) is 45.5. The molecule has 169 valence electrons. The fraction of sp³-hybridized carbons (Fsp3) is 0. The Bertz CT molecular complexity index is 656. The number of hydrogen-bond donors (Lipinski definition) is 2. The fourth-order valence-corrected chi connectivity index (χ4v) is 2.34. The molecule has 0 aromatic carbocycles. The van der Waals surface area contributed by atoms with Crippen LogP contribution in [0.2, 0.25) is 0 Å². The Morgan fingerprint density at radius 2 is 0.893 bits per heavy atom. The molecule has 16 N–H and O–H groups in total. The molecule has 0 fully saturated rings. The summed E-state index contributed by atoms with van der Waals surface area (Å²) in [5.74, 6) is 0. The van der Waals surface area contributed by atoms with Gasteiger partial charge in [0.25, 0.3) is 0 Å². The molecule has 28 heavy (non-hydrogen) atoms. The zero-order valence-electron chi connectivity index (χ0n) is 13.6. The van der Waals surface area contributed by atoms with Gasteiger partial charge >= 0.3 is 16.8 Å². The second-order valence-electron chi connectivity index (χ2n) is 3.84. The molecule has 0 aliphatic rings. The van der Waals surface area contributed by atoms with Crippen molar-refractivity contribution in [2.45, 2.75) is 0 Å². The Hall–Kier alpha value is -1.17. The molecular weight excluding hydrogens is 477 g/mol. The van der Waals surface area contributed by atoms with Crippen molar-refractivity contribution in [2.75, 3.05) is 0 Å². The van der Waals surface area contributed by atoms with Gasteiger partial charge in [0.15, 0.2) is 15.2 Å². The number of aromatic nitrogens is 2. The molecule has 0 bridgehead atoms. The molecular formula is C10H22CoN2O13P2. The molecule has 2 atom stereocenters. The largest absolute Gasteiger partial charge is 2.00 e. The quantitative estimate of drug-likeness (QED) is 0.381. The van der Waals surface area contributed by atoms with Gasteiger partial charge in [-0.25, -0.2) is 0 Å². The van der Waals surface area contributed by atoms with Crippen molar-refractivity contribution in [3.63, 3.8) is 0 Å². The van der Waals surface area contributed by atoms with E-state index >= 15 is 0 Å². The normalized spacial score (nSPS) is 12.3. The van der Waals surface area contributed by atoms with Crippen LogP contribution in [0.25, 0.3) is 11.4 Å². The first-order chi connectivity index (χ1) is 9.18. The molecule has 2 heterocycles. The van der Waals surface area contributed by atoms with Gasteiger partial charge < -0.3 is 67.0 Å². The fourth-order valence-electron chi connectivity index (χ4n) is 1.41. The Kier molecular flexibility index (Phi) is 27.2. The van der Waals surface area contributed by atoms with Gasteiger partial charge in [-0.3, -0.25) is 9.97 Å². The van der Waals surface area contributed by atoms with Crippen LogP contribution in [0.1, 0.15) is 0 Å². The monoisotopic (exact) mass is 499 g/mol. The maximum Gasteiger partial charge on any atom is 2.00 e. The molecule has 15 nitrogen and oxygen atoms in total. The molecule has 0 amide bonds. The molecule has 0 aliphatic carbocycles. The molecule has 0 saturated carbocycles. The second kappa shape index (κ2) is 16.8. The van der Waals surface area contributed by atoms with Crippen molar-refractivity contribution >= 4 is 25.8 Å². The minimum Gasteiger partial charge on any atom is -0.775 e. The van der Waals surface area contributed by atoms with E-state index in [9.17, 15) is 18.9 Å². The molecule has 1 radical (unpaired) electrons. The smallest absolute Gasteiger partial charge is 0.775 e. The van der Waals surface area contributed by atoms with E-state index in [1.807, 2.05) is 0 Å². The third-order valence-corrected chi connectivity index (χ3v) is 4.24. The van der Waals surface area contributed by atoms with Crippen molar-refractivity contribution in [2.24, 2.45) is 0 Å². The average molecular weight is 499 g/mol. The molecule has 0 spiro atoms. The van der Waals surface area contributed by atoms with Gasteiger partial charge in [-0.1, -0.05) is 0 Å². The first-order valence-electron chi connectivity index (χ1n) is 5.19. The number of hydrogen-bond acceptors (Lipinski definition) is 6. The van der Waals surface area contributed by atoms with Crippen LogP contribution in [-0.2, 0) is 25.9 Å². The Balaban J connectivity index is -0.000000110. The first-order valence-corrected chi connectivity index (χ1v) is 8.34. The maximum absolute atomic E-state index is 10.9. The number of rotatable bonds is 3. The van der Waals surface area contributed by atoms with Crippen molar-refractivity contribution in [3.05, 3.63) is 36.7 Å². The molecule has 2 unspecified atom stereocenters. The molecule has 18 heteroatoms. The summed E-state index contributed by atoms with van der Waals surface area (Å²) in [6, 6.07) is 4.92. The van der Waals surface area contributed by atoms with Crippen molar-refractivity contribution in [1.82, 2.24) is 9.97 Å². The minimum atomic E-state index is -4.60. The SMILES string of the molecule is O.O.O.O.O.O.O.O=P([O-])(O)c1ccc(-c2ccc(P(=O)([O-])O)cn2)nc1.[Co+2]. The zero-order valence-corrected chi connectivity index (χ0v) is 16.4. The van der Waals surface area contributed by atoms with Crippen molar-refractivity contribution in [3.8, 4) is 11.4 Å². The maximum atomic E-state index is 10.9. The molecule has 2 aromatic rings. The molecule has 2 rings (SSSR count). The Morgan fingerprint density at radius 3 is 1.04 bits per heavy atom.